The van der Waals surface area contributed by atoms with Crippen LogP contribution in [0, 0.1) is 13.8 Å². The van der Waals surface area contributed by atoms with E-state index in [2.05, 4.69) is 10.4 Å². The number of benzene rings is 1. The summed E-state index contributed by atoms with van der Waals surface area (Å²) in [6.07, 6.45) is 0.262. The lowest BCUT2D eigenvalue weighted by molar-refractivity contribution is -0.130. The molecule has 2 amide bonds. The second-order valence-electron chi connectivity index (χ2n) is 6.63. The maximum absolute atomic E-state index is 12.5. The molecular weight excluding hydrogens is 372 g/mol. The van der Waals surface area contributed by atoms with E-state index in [0.717, 1.165) is 22.6 Å². The van der Waals surface area contributed by atoms with E-state index in [1.165, 1.54) is 11.3 Å². The van der Waals surface area contributed by atoms with E-state index in [1.807, 2.05) is 60.3 Å². The third-order valence-corrected chi connectivity index (χ3v) is 5.50. The van der Waals surface area contributed by atoms with Gasteiger partial charge >= 0.3 is 0 Å². The van der Waals surface area contributed by atoms with Gasteiger partial charge in [0.05, 0.1) is 16.3 Å². The molecule has 0 aliphatic rings. The molecule has 0 bridgehead atoms. The molecule has 3 rings (SSSR count). The molecule has 0 fully saturated rings. The summed E-state index contributed by atoms with van der Waals surface area (Å²) in [6.45, 7) is 4.78. The summed E-state index contributed by atoms with van der Waals surface area (Å²) in [7, 11) is 1.78. The zero-order valence-corrected chi connectivity index (χ0v) is 17.1. The number of nitrogens with one attached hydrogen (secondary N) is 1. The van der Waals surface area contributed by atoms with Gasteiger partial charge in [0, 0.05) is 37.8 Å². The van der Waals surface area contributed by atoms with Gasteiger partial charge in [-0.15, -0.1) is 11.3 Å². The molecule has 0 radical (unpaired) electrons. The van der Waals surface area contributed by atoms with Crippen LogP contribution in [0.5, 0.6) is 0 Å². The van der Waals surface area contributed by atoms with Gasteiger partial charge in [0.2, 0.25) is 5.91 Å². The van der Waals surface area contributed by atoms with Gasteiger partial charge in [-0.3, -0.25) is 9.59 Å². The van der Waals surface area contributed by atoms with Crippen molar-refractivity contribution in [1.29, 1.82) is 0 Å². The molecule has 1 aromatic carbocycles. The Balaban J connectivity index is 1.58. The van der Waals surface area contributed by atoms with Crippen molar-refractivity contribution in [3.05, 3.63) is 69.7 Å². The number of nitrogens with zero attached hydrogens (tertiary/aromatic N) is 3. The van der Waals surface area contributed by atoms with Gasteiger partial charge in [-0.2, -0.15) is 5.10 Å². The topological polar surface area (TPSA) is 67.2 Å². The van der Waals surface area contributed by atoms with Crippen LogP contribution in [0.4, 0.5) is 0 Å². The Labute approximate surface area is 168 Å². The maximum Gasteiger partial charge on any atom is 0.261 e. The van der Waals surface area contributed by atoms with Crippen LogP contribution in [0.2, 0.25) is 0 Å². The van der Waals surface area contributed by atoms with Crippen molar-refractivity contribution in [3.8, 4) is 5.69 Å². The Kier molecular flexibility index (Phi) is 6.26. The number of rotatable bonds is 7. The Bertz CT molecular complexity index is 948. The Morgan fingerprint density at radius 3 is 2.57 bits per heavy atom. The van der Waals surface area contributed by atoms with Crippen molar-refractivity contribution < 1.29 is 9.59 Å². The van der Waals surface area contributed by atoms with Crippen molar-refractivity contribution in [2.45, 2.75) is 26.8 Å². The molecule has 2 heterocycles. The van der Waals surface area contributed by atoms with Crippen LogP contribution in [0.3, 0.4) is 0 Å². The van der Waals surface area contributed by atoms with Gasteiger partial charge in [-0.25, -0.2) is 4.68 Å². The van der Waals surface area contributed by atoms with E-state index in [1.54, 1.807) is 18.0 Å². The molecule has 0 aliphatic carbocycles. The minimum Gasteiger partial charge on any atom is -0.351 e. The zero-order chi connectivity index (χ0) is 20.1. The molecular formula is C21H24N4O2S. The molecule has 7 heteroatoms. The molecule has 0 spiro atoms. The van der Waals surface area contributed by atoms with Crippen LogP contribution >= 0.6 is 11.3 Å². The molecule has 0 unspecified atom stereocenters. The second-order valence-corrected chi connectivity index (χ2v) is 7.58. The number of para-hydroxylation sites is 1. The molecule has 146 valence electrons. The minimum atomic E-state index is -0.138. The normalized spacial score (nSPS) is 10.7. The molecule has 3 aromatic rings. The number of thiophene rings is 1. The van der Waals surface area contributed by atoms with Crippen LogP contribution in [0.1, 0.15) is 33.0 Å². The highest BCUT2D eigenvalue weighted by atomic mass is 32.1. The quantitative estimate of drug-likeness (QED) is 0.666. The van der Waals surface area contributed by atoms with Crippen molar-refractivity contribution in [2.75, 3.05) is 13.6 Å². The van der Waals surface area contributed by atoms with Gasteiger partial charge in [0.1, 0.15) is 0 Å². The average Bonchev–Trinajstić information content (AvgIpc) is 3.33. The fourth-order valence-corrected chi connectivity index (χ4v) is 3.66. The van der Waals surface area contributed by atoms with Gasteiger partial charge in [0.25, 0.3) is 5.91 Å². The summed E-state index contributed by atoms with van der Waals surface area (Å²) in [4.78, 5) is 26.7. The standard InChI is InChI=1S/C21H24N4O2S/c1-15-18(16(2)25(23-15)17-8-5-4-6-9-17)14-24(3)20(26)11-12-22-21(27)19-10-7-13-28-19/h4-10,13H,11-12,14H2,1-3H3,(H,22,27). The molecule has 0 saturated carbocycles. The molecule has 0 aliphatic heterocycles. The zero-order valence-electron chi connectivity index (χ0n) is 16.3. The second kappa shape index (κ2) is 8.84. The molecule has 28 heavy (non-hydrogen) atoms. The van der Waals surface area contributed by atoms with E-state index in [-0.39, 0.29) is 18.2 Å². The molecule has 2 aromatic heterocycles. The van der Waals surface area contributed by atoms with Crippen LogP contribution in [0.25, 0.3) is 5.69 Å². The number of carbonyl (C=O) groups excluding carboxylic acids is 2. The van der Waals surface area contributed by atoms with Crippen molar-refractivity contribution in [2.24, 2.45) is 0 Å². The summed E-state index contributed by atoms with van der Waals surface area (Å²) in [5, 5.41) is 9.28. The highest BCUT2D eigenvalue weighted by Gasteiger charge is 2.17. The van der Waals surface area contributed by atoms with Crippen molar-refractivity contribution in [3.63, 3.8) is 0 Å². The average molecular weight is 397 g/mol. The van der Waals surface area contributed by atoms with Gasteiger partial charge < -0.3 is 10.2 Å². The summed E-state index contributed by atoms with van der Waals surface area (Å²) in [6, 6.07) is 13.5. The number of hydrogen-bond donors (Lipinski definition) is 1. The third kappa shape index (κ3) is 4.48. The number of amides is 2. The predicted molar refractivity (Wildman–Crippen MR) is 111 cm³/mol. The Morgan fingerprint density at radius 2 is 1.89 bits per heavy atom. The summed E-state index contributed by atoms with van der Waals surface area (Å²) >= 11 is 1.38. The Hall–Kier alpha value is -2.93. The summed E-state index contributed by atoms with van der Waals surface area (Å²) in [5.74, 6) is -0.154. The largest absolute Gasteiger partial charge is 0.351 e. The van der Waals surface area contributed by atoms with E-state index in [0.29, 0.717) is 18.0 Å². The van der Waals surface area contributed by atoms with Gasteiger partial charge in [-0.05, 0) is 37.4 Å². The van der Waals surface area contributed by atoms with Crippen molar-refractivity contribution >= 4 is 23.2 Å². The maximum atomic E-state index is 12.5. The van der Waals surface area contributed by atoms with E-state index in [4.69, 9.17) is 0 Å². The fraction of sp³-hybridized carbons (Fsp3) is 0.286. The molecule has 0 saturated heterocycles. The minimum absolute atomic E-state index is 0.0160. The lowest BCUT2D eigenvalue weighted by Gasteiger charge is -2.18. The summed E-state index contributed by atoms with van der Waals surface area (Å²) < 4.78 is 1.91. The first-order valence-corrected chi connectivity index (χ1v) is 10.0. The number of aromatic nitrogens is 2. The van der Waals surface area contributed by atoms with Crippen LogP contribution in [-0.4, -0.2) is 40.1 Å². The monoisotopic (exact) mass is 396 g/mol. The van der Waals surface area contributed by atoms with Crippen LogP contribution in [-0.2, 0) is 11.3 Å². The first-order chi connectivity index (χ1) is 13.5. The highest BCUT2D eigenvalue weighted by Crippen LogP contribution is 2.19. The lowest BCUT2D eigenvalue weighted by Crippen LogP contribution is -2.31. The number of carbonyl (C=O) groups is 2. The van der Waals surface area contributed by atoms with Gasteiger partial charge in [-0.1, -0.05) is 24.3 Å². The van der Waals surface area contributed by atoms with E-state index >= 15 is 0 Å². The first kappa shape index (κ1) is 19.8. The van der Waals surface area contributed by atoms with Crippen LogP contribution in [0.15, 0.2) is 47.8 Å². The fourth-order valence-electron chi connectivity index (χ4n) is 3.02. The van der Waals surface area contributed by atoms with Gasteiger partial charge in [0.15, 0.2) is 0 Å². The molecule has 1 N–H and O–H groups in total. The predicted octanol–water partition coefficient (Wildman–Crippen LogP) is 3.33. The first-order valence-electron chi connectivity index (χ1n) is 9.13. The lowest BCUT2D eigenvalue weighted by atomic mass is 10.2. The number of hydrogen-bond acceptors (Lipinski definition) is 4. The van der Waals surface area contributed by atoms with Crippen LogP contribution < -0.4 is 5.32 Å². The molecule has 0 atom stereocenters. The highest BCUT2D eigenvalue weighted by molar-refractivity contribution is 7.12. The van der Waals surface area contributed by atoms with E-state index < -0.39 is 0 Å². The summed E-state index contributed by atoms with van der Waals surface area (Å²) in [5.41, 5.74) is 3.98. The third-order valence-electron chi connectivity index (χ3n) is 4.63. The van der Waals surface area contributed by atoms with Crippen molar-refractivity contribution in [1.82, 2.24) is 20.0 Å². The SMILES string of the molecule is Cc1nn(-c2ccccc2)c(C)c1CN(C)C(=O)CCNC(=O)c1cccs1. The smallest absolute Gasteiger partial charge is 0.261 e. The Morgan fingerprint density at radius 1 is 1.14 bits per heavy atom. The number of aryl methyl sites for hydroxylation is 1. The molecule has 6 nitrogen and oxygen atoms in total. The van der Waals surface area contributed by atoms with E-state index in [9.17, 15) is 9.59 Å².